The van der Waals surface area contributed by atoms with Crippen molar-refractivity contribution in [2.45, 2.75) is 26.8 Å². The fourth-order valence-corrected chi connectivity index (χ4v) is 2.14. The third-order valence-corrected chi connectivity index (χ3v) is 3.17. The van der Waals surface area contributed by atoms with Crippen LogP contribution in [0, 0.1) is 6.92 Å². The molecule has 5 nitrogen and oxygen atoms in total. The maximum atomic E-state index is 12.4. The fraction of sp³-hybridized carbons (Fsp3) is 0.267. The van der Waals surface area contributed by atoms with Crippen molar-refractivity contribution in [2.75, 3.05) is 0 Å². The highest BCUT2D eigenvalue weighted by molar-refractivity contribution is 5.92. The van der Waals surface area contributed by atoms with Crippen LogP contribution < -0.4 is 5.56 Å². The number of hydrogen-bond donors (Lipinski definition) is 1. The van der Waals surface area contributed by atoms with Gasteiger partial charge in [0.15, 0.2) is 0 Å². The lowest BCUT2D eigenvalue weighted by Gasteiger charge is -2.11. The monoisotopic (exact) mass is 273 g/mol. The number of nitrogens with zero attached hydrogens (tertiary/aromatic N) is 1. The van der Waals surface area contributed by atoms with Crippen molar-refractivity contribution in [2.24, 2.45) is 0 Å². The number of aryl methyl sites for hydroxylation is 1. The minimum atomic E-state index is -1.17. The fourth-order valence-electron chi connectivity index (χ4n) is 2.14. The third-order valence-electron chi connectivity index (χ3n) is 3.17. The van der Waals surface area contributed by atoms with Gasteiger partial charge in [0, 0.05) is 18.4 Å². The molecule has 2 aromatic rings. The Bertz CT molecular complexity index is 758. The molecule has 0 bridgehead atoms. The van der Waals surface area contributed by atoms with E-state index in [4.69, 9.17) is 0 Å². The molecular weight excluding hydrogens is 258 g/mol. The Morgan fingerprint density at radius 3 is 2.55 bits per heavy atom. The number of Topliss-reactive ketones (excluding diaryl/α,β-unsaturated/α-hetero) is 1. The van der Waals surface area contributed by atoms with E-state index in [1.165, 1.54) is 13.0 Å². The molecule has 1 N–H and O–H groups in total. The standard InChI is InChI=1S/C15H15NO4/c1-9-3-4-12-11(7-9)8-13(15(19)20)16(14(12)18)6-5-10(2)17/h3-4,7-8H,5-6H2,1-2H3,(H,19,20). The van der Waals surface area contributed by atoms with Crippen molar-refractivity contribution in [3.8, 4) is 0 Å². The molecule has 0 saturated heterocycles. The predicted octanol–water partition coefficient (Wildman–Crippen LogP) is 1.99. The van der Waals surface area contributed by atoms with Gasteiger partial charge in [-0.3, -0.25) is 9.59 Å². The summed E-state index contributed by atoms with van der Waals surface area (Å²) in [7, 11) is 0. The van der Waals surface area contributed by atoms with E-state index in [1.807, 2.05) is 6.92 Å². The molecule has 0 aliphatic rings. The number of pyridine rings is 1. The van der Waals surface area contributed by atoms with Crippen LogP contribution in [0.4, 0.5) is 0 Å². The van der Waals surface area contributed by atoms with Crippen molar-refractivity contribution in [3.63, 3.8) is 0 Å². The van der Waals surface area contributed by atoms with Crippen LogP contribution in [-0.4, -0.2) is 21.4 Å². The molecule has 20 heavy (non-hydrogen) atoms. The molecule has 5 heteroatoms. The predicted molar refractivity (Wildman–Crippen MR) is 75.2 cm³/mol. The molecule has 0 amide bonds. The number of carbonyl (C=O) groups excluding carboxylic acids is 1. The van der Waals surface area contributed by atoms with Crippen molar-refractivity contribution < 1.29 is 14.7 Å². The van der Waals surface area contributed by atoms with E-state index < -0.39 is 5.97 Å². The summed E-state index contributed by atoms with van der Waals surface area (Å²) in [6.07, 6.45) is 0.136. The van der Waals surface area contributed by atoms with Gasteiger partial charge >= 0.3 is 5.97 Å². The van der Waals surface area contributed by atoms with E-state index in [1.54, 1.807) is 18.2 Å². The zero-order valence-corrected chi connectivity index (χ0v) is 11.3. The van der Waals surface area contributed by atoms with Crippen LogP contribution in [0.2, 0.25) is 0 Å². The Hall–Kier alpha value is -2.43. The molecule has 104 valence electrons. The van der Waals surface area contributed by atoms with Crippen LogP contribution in [0.5, 0.6) is 0 Å². The number of aromatic carboxylic acids is 1. The van der Waals surface area contributed by atoms with Crippen molar-refractivity contribution in [1.82, 2.24) is 4.57 Å². The number of hydrogen-bond acceptors (Lipinski definition) is 3. The van der Waals surface area contributed by atoms with Gasteiger partial charge in [0.05, 0.1) is 0 Å². The number of fused-ring (bicyclic) bond motifs is 1. The van der Waals surface area contributed by atoms with Gasteiger partial charge in [-0.15, -0.1) is 0 Å². The van der Waals surface area contributed by atoms with Gasteiger partial charge in [-0.1, -0.05) is 17.7 Å². The Morgan fingerprint density at radius 1 is 1.25 bits per heavy atom. The second kappa shape index (κ2) is 5.28. The van der Waals surface area contributed by atoms with Gasteiger partial charge in [0.1, 0.15) is 11.5 Å². The molecule has 0 aliphatic heterocycles. The molecule has 1 aromatic heterocycles. The Kier molecular flexibility index (Phi) is 3.70. The minimum absolute atomic E-state index is 0.0830. The van der Waals surface area contributed by atoms with Gasteiger partial charge in [-0.05, 0) is 31.4 Å². The van der Waals surface area contributed by atoms with Gasteiger partial charge in [0.2, 0.25) is 0 Å². The largest absolute Gasteiger partial charge is 0.477 e. The highest BCUT2D eigenvalue weighted by Gasteiger charge is 2.15. The van der Waals surface area contributed by atoms with Crippen LogP contribution in [0.3, 0.4) is 0 Å². The summed E-state index contributed by atoms with van der Waals surface area (Å²) in [5, 5.41) is 10.3. The summed E-state index contributed by atoms with van der Waals surface area (Å²) >= 11 is 0. The first kappa shape index (κ1) is 14.0. The molecule has 1 heterocycles. The topological polar surface area (TPSA) is 76.4 Å². The highest BCUT2D eigenvalue weighted by Crippen LogP contribution is 2.15. The van der Waals surface area contributed by atoms with E-state index in [2.05, 4.69) is 0 Å². The average Bonchev–Trinajstić information content (AvgIpc) is 2.36. The lowest BCUT2D eigenvalue weighted by molar-refractivity contribution is -0.117. The van der Waals surface area contributed by atoms with E-state index in [0.717, 1.165) is 10.1 Å². The molecular formula is C15H15NO4. The molecule has 0 fully saturated rings. The number of rotatable bonds is 4. The summed E-state index contributed by atoms with van der Waals surface area (Å²) in [5.74, 6) is -1.26. The van der Waals surface area contributed by atoms with Crippen molar-refractivity contribution >= 4 is 22.5 Å². The van der Waals surface area contributed by atoms with Crippen molar-refractivity contribution in [3.05, 3.63) is 45.9 Å². The summed E-state index contributed by atoms with van der Waals surface area (Å²) < 4.78 is 1.15. The quantitative estimate of drug-likeness (QED) is 0.924. The molecule has 0 unspecified atom stereocenters. The molecule has 2 rings (SSSR count). The second-order valence-electron chi connectivity index (χ2n) is 4.83. The molecule has 0 radical (unpaired) electrons. The first-order valence-corrected chi connectivity index (χ1v) is 6.27. The van der Waals surface area contributed by atoms with E-state index >= 15 is 0 Å². The smallest absolute Gasteiger partial charge is 0.352 e. The normalized spacial score (nSPS) is 10.7. The highest BCUT2D eigenvalue weighted by atomic mass is 16.4. The molecule has 0 aliphatic carbocycles. The first-order valence-electron chi connectivity index (χ1n) is 6.27. The SMILES string of the molecule is CC(=O)CCn1c(C(=O)O)cc2cc(C)ccc2c1=O. The number of carboxylic acid groups (broad SMARTS) is 1. The maximum Gasteiger partial charge on any atom is 0.352 e. The zero-order chi connectivity index (χ0) is 14.9. The number of carboxylic acids is 1. The number of benzene rings is 1. The lowest BCUT2D eigenvalue weighted by atomic mass is 10.1. The van der Waals surface area contributed by atoms with E-state index in [-0.39, 0.29) is 30.0 Å². The van der Waals surface area contributed by atoms with Gasteiger partial charge in [-0.2, -0.15) is 0 Å². The third kappa shape index (κ3) is 2.61. The Labute approximate surface area is 115 Å². The molecule has 0 atom stereocenters. The van der Waals surface area contributed by atoms with Crippen LogP contribution in [0.25, 0.3) is 10.8 Å². The zero-order valence-electron chi connectivity index (χ0n) is 11.3. The Balaban J connectivity index is 2.70. The van der Waals surface area contributed by atoms with Crippen LogP contribution in [0.1, 0.15) is 29.4 Å². The first-order chi connectivity index (χ1) is 9.40. The van der Waals surface area contributed by atoms with Crippen molar-refractivity contribution in [1.29, 1.82) is 0 Å². The van der Waals surface area contributed by atoms with Crippen LogP contribution in [0.15, 0.2) is 29.1 Å². The minimum Gasteiger partial charge on any atom is -0.477 e. The average molecular weight is 273 g/mol. The molecule has 1 aromatic carbocycles. The van der Waals surface area contributed by atoms with Gasteiger partial charge in [0.25, 0.3) is 5.56 Å². The number of carbonyl (C=O) groups is 2. The maximum absolute atomic E-state index is 12.4. The summed E-state index contributed by atoms with van der Waals surface area (Å²) in [6, 6.07) is 6.74. The van der Waals surface area contributed by atoms with Crippen LogP contribution >= 0.6 is 0 Å². The molecule has 0 saturated carbocycles. The summed E-state index contributed by atoms with van der Waals surface area (Å²) in [6.45, 7) is 3.37. The number of ketones is 1. The summed E-state index contributed by atoms with van der Waals surface area (Å²) in [4.78, 5) is 34.7. The lowest BCUT2D eigenvalue weighted by Crippen LogP contribution is -2.27. The van der Waals surface area contributed by atoms with Crippen LogP contribution in [-0.2, 0) is 11.3 Å². The van der Waals surface area contributed by atoms with Gasteiger partial charge in [-0.25, -0.2) is 4.79 Å². The van der Waals surface area contributed by atoms with Gasteiger partial charge < -0.3 is 9.67 Å². The second-order valence-corrected chi connectivity index (χ2v) is 4.83. The summed E-state index contributed by atoms with van der Waals surface area (Å²) in [5.41, 5.74) is 0.491. The Morgan fingerprint density at radius 2 is 1.95 bits per heavy atom. The molecule has 0 spiro atoms. The van der Waals surface area contributed by atoms with E-state index in [9.17, 15) is 19.5 Å². The van der Waals surface area contributed by atoms with E-state index in [0.29, 0.717) is 10.8 Å². The number of aromatic nitrogens is 1.